The second kappa shape index (κ2) is 7.43. The fourth-order valence-corrected chi connectivity index (χ4v) is 2.02. The van der Waals surface area contributed by atoms with Crippen molar-refractivity contribution in [1.29, 1.82) is 0 Å². The van der Waals surface area contributed by atoms with Crippen molar-refractivity contribution in [2.24, 2.45) is 0 Å². The Morgan fingerprint density at radius 1 is 1.10 bits per heavy atom. The zero-order chi connectivity index (χ0) is 15.1. The maximum Gasteiger partial charge on any atom is 0.224 e. The van der Waals surface area contributed by atoms with Gasteiger partial charge >= 0.3 is 0 Å². The number of benzene rings is 2. The van der Waals surface area contributed by atoms with E-state index in [1.807, 2.05) is 37.4 Å². The lowest BCUT2D eigenvalue weighted by Crippen LogP contribution is -2.33. The summed E-state index contributed by atoms with van der Waals surface area (Å²) in [4.78, 5) is 13.9. The Kier molecular flexibility index (Phi) is 5.32. The van der Waals surface area contributed by atoms with E-state index in [0.717, 1.165) is 17.8 Å². The Bertz CT molecular complexity index is 569. The molecule has 21 heavy (non-hydrogen) atoms. The van der Waals surface area contributed by atoms with Crippen molar-refractivity contribution < 1.29 is 9.18 Å². The van der Waals surface area contributed by atoms with Gasteiger partial charge in [-0.2, -0.15) is 0 Å². The van der Waals surface area contributed by atoms with E-state index in [1.54, 1.807) is 12.1 Å². The molecule has 0 saturated heterocycles. The van der Waals surface area contributed by atoms with E-state index < -0.39 is 0 Å². The first-order valence-corrected chi connectivity index (χ1v) is 6.92. The number of halogens is 1. The number of nitrogens with one attached hydrogen (secondary N) is 1. The van der Waals surface area contributed by atoms with E-state index in [4.69, 9.17) is 0 Å². The van der Waals surface area contributed by atoms with Crippen LogP contribution in [0, 0.1) is 5.82 Å². The van der Waals surface area contributed by atoms with E-state index in [1.165, 1.54) is 12.1 Å². The predicted octanol–water partition coefficient (Wildman–Crippen LogP) is 2.62. The summed E-state index contributed by atoms with van der Waals surface area (Å²) < 4.78 is 12.8. The molecule has 0 aliphatic heterocycles. The maximum absolute atomic E-state index is 12.8. The summed E-state index contributed by atoms with van der Waals surface area (Å²) in [7, 11) is 1.99. The van der Waals surface area contributed by atoms with Crippen molar-refractivity contribution in [3.8, 4) is 0 Å². The standard InChI is InChI=1S/C17H19FN2O/c1-20(16-5-3-2-4-6-16)12-11-19-17(21)13-14-7-9-15(18)10-8-14/h2-10H,11-13H2,1H3,(H,19,21). The fraction of sp³-hybridized carbons (Fsp3) is 0.235. The van der Waals surface area contributed by atoms with Crippen molar-refractivity contribution in [2.45, 2.75) is 6.42 Å². The molecule has 0 radical (unpaired) electrons. The predicted molar refractivity (Wildman–Crippen MR) is 82.8 cm³/mol. The molecule has 0 aromatic heterocycles. The maximum atomic E-state index is 12.8. The van der Waals surface area contributed by atoms with Gasteiger partial charge in [-0.1, -0.05) is 30.3 Å². The molecule has 0 spiro atoms. The topological polar surface area (TPSA) is 32.3 Å². The van der Waals surface area contributed by atoms with Gasteiger partial charge in [-0.3, -0.25) is 4.79 Å². The van der Waals surface area contributed by atoms with Crippen LogP contribution >= 0.6 is 0 Å². The van der Waals surface area contributed by atoms with Crippen molar-refractivity contribution >= 4 is 11.6 Å². The fourth-order valence-electron chi connectivity index (χ4n) is 2.02. The van der Waals surface area contributed by atoms with Crippen molar-refractivity contribution in [3.63, 3.8) is 0 Å². The minimum atomic E-state index is -0.288. The third-order valence-corrected chi connectivity index (χ3v) is 3.24. The summed E-state index contributed by atoms with van der Waals surface area (Å²) in [5.41, 5.74) is 1.93. The first-order valence-electron chi connectivity index (χ1n) is 6.92. The summed E-state index contributed by atoms with van der Waals surface area (Å²) >= 11 is 0. The Labute approximate surface area is 124 Å². The van der Waals surface area contributed by atoms with Gasteiger partial charge in [0.05, 0.1) is 6.42 Å². The molecule has 0 atom stereocenters. The third kappa shape index (κ3) is 4.91. The number of nitrogens with zero attached hydrogens (tertiary/aromatic N) is 1. The van der Waals surface area contributed by atoms with Crippen LogP contribution in [0.5, 0.6) is 0 Å². The van der Waals surface area contributed by atoms with Gasteiger partial charge in [0, 0.05) is 25.8 Å². The lowest BCUT2D eigenvalue weighted by atomic mass is 10.1. The normalized spacial score (nSPS) is 10.2. The molecule has 4 heteroatoms. The number of carbonyl (C=O) groups is 1. The summed E-state index contributed by atoms with van der Waals surface area (Å²) in [5.74, 6) is -0.341. The lowest BCUT2D eigenvalue weighted by Gasteiger charge is -2.19. The molecule has 0 heterocycles. The molecular formula is C17H19FN2O. The highest BCUT2D eigenvalue weighted by molar-refractivity contribution is 5.78. The number of likely N-dealkylation sites (N-methyl/N-ethyl adjacent to an activating group) is 1. The van der Waals surface area contributed by atoms with Gasteiger partial charge in [-0.05, 0) is 29.8 Å². The first-order chi connectivity index (χ1) is 10.1. The molecule has 0 bridgehead atoms. The molecule has 0 saturated carbocycles. The molecule has 1 N–H and O–H groups in total. The Morgan fingerprint density at radius 3 is 2.43 bits per heavy atom. The van der Waals surface area contributed by atoms with Gasteiger partial charge in [0.1, 0.15) is 5.82 Å². The zero-order valence-electron chi connectivity index (χ0n) is 12.1. The second-order valence-electron chi connectivity index (χ2n) is 4.91. The number of rotatable bonds is 6. The monoisotopic (exact) mass is 286 g/mol. The van der Waals surface area contributed by atoms with Crippen LogP contribution in [0.15, 0.2) is 54.6 Å². The number of amides is 1. The lowest BCUT2D eigenvalue weighted by molar-refractivity contribution is -0.120. The molecule has 2 aromatic rings. The van der Waals surface area contributed by atoms with Gasteiger partial charge in [0.15, 0.2) is 0 Å². The van der Waals surface area contributed by atoms with Crippen LogP contribution in [0.4, 0.5) is 10.1 Å². The molecule has 0 fully saturated rings. The van der Waals surface area contributed by atoms with Crippen LogP contribution < -0.4 is 10.2 Å². The number of hydrogen-bond donors (Lipinski definition) is 1. The van der Waals surface area contributed by atoms with Gasteiger partial charge in [-0.25, -0.2) is 4.39 Å². The van der Waals surface area contributed by atoms with E-state index in [9.17, 15) is 9.18 Å². The first kappa shape index (κ1) is 15.0. The van der Waals surface area contributed by atoms with Crippen molar-refractivity contribution in [2.75, 3.05) is 25.0 Å². The van der Waals surface area contributed by atoms with Crippen LogP contribution in [0.2, 0.25) is 0 Å². The van der Waals surface area contributed by atoms with Crippen molar-refractivity contribution in [1.82, 2.24) is 5.32 Å². The molecule has 0 unspecified atom stereocenters. The summed E-state index contributed by atoms with van der Waals surface area (Å²) in [6.45, 7) is 1.31. The van der Waals surface area contributed by atoms with Crippen LogP contribution in [0.25, 0.3) is 0 Å². The van der Waals surface area contributed by atoms with Gasteiger partial charge in [0.2, 0.25) is 5.91 Å². The molecular weight excluding hydrogens is 267 g/mol. The third-order valence-electron chi connectivity index (χ3n) is 3.24. The summed E-state index contributed by atoms with van der Waals surface area (Å²) in [6.07, 6.45) is 0.273. The smallest absolute Gasteiger partial charge is 0.224 e. The quantitative estimate of drug-likeness (QED) is 0.885. The SMILES string of the molecule is CN(CCNC(=O)Cc1ccc(F)cc1)c1ccccc1. The summed E-state index contributed by atoms with van der Waals surface area (Å²) in [6, 6.07) is 16.0. The Morgan fingerprint density at radius 2 is 1.76 bits per heavy atom. The molecule has 1 amide bonds. The van der Waals surface area contributed by atoms with Gasteiger partial charge in [-0.15, -0.1) is 0 Å². The van der Waals surface area contributed by atoms with E-state index in [2.05, 4.69) is 10.2 Å². The Hall–Kier alpha value is -2.36. The largest absolute Gasteiger partial charge is 0.373 e. The van der Waals surface area contributed by atoms with Gasteiger partial charge in [0.25, 0.3) is 0 Å². The molecule has 3 nitrogen and oxygen atoms in total. The highest BCUT2D eigenvalue weighted by atomic mass is 19.1. The molecule has 2 rings (SSSR count). The molecule has 110 valence electrons. The van der Waals surface area contributed by atoms with Crippen LogP contribution in [0.3, 0.4) is 0 Å². The number of hydrogen-bond acceptors (Lipinski definition) is 2. The summed E-state index contributed by atoms with van der Waals surface area (Å²) in [5, 5.41) is 2.87. The number of anilines is 1. The van der Waals surface area contributed by atoms with E-state index in [0.29, 0.717) is 6.54 Å². The van der Waals surface area contributed by atoms with Crippen LogP contribution in [0.1, 0.15) is 5.56 Å². The minimum Gasteiger partial charge on any atom is -0.373 e. The zero-order valence-corrected chi connectivity index (χ0v) is 12.1. The second-order valence-corrected chi connectivity index (χ2v) is 4.91. The van der Waals surface area contributed by atoms with Crippen molar-refractivity contribution in [3.05, 3.63) is 66.0 Å². The molecule has 0 aliphatic carbocycles. The van der Waals surface area contributed by atoms with E-state index in [-0.39, 0.29) is 18.1 Å². The van der Waals surface area contributed by atoms with E-state index >= 15 is 0 Å². The Balaban J connectivity index is 1.73. The average molecular weight is 286 g/mol. The number of carbonyl (C=O) groups excluding carboxylic acids is 1. The highest BCUT2D eigenvalue weighted by Crippen LogP contribution is 2.09. The average Bonchev–Trinajstić information content (AvgIpc) is 2.50. The molecule has 0 aliphatic rings. The van der Waals surface area contributed by atoms with Crippen LogP contribution in [-0.2, 0) is 11.2 Å². The highest BCUT2D eigenvalue weighted by Gasteiger charge is 2.04. The van der Waals surface area contributed by atoms with Gasteiger partial charge < -0.3 is 10.2 Å². The molecule has 2 aromatic carbocycles. The van der Waals surface area contributed by atoms with Crippen LogP contribution in [-0.4, -0.2) is 26.0 Å². The minimum absolute atomic E-state index is 0.0527. The number of para-hydroxylation sites is 1.